The number of aliphatic hydroxyl groups excluding tert-OH is 1. The van der Waals surface area contributed by atoms with E-state index < -0.39 is 0 Å². The normalized spacial score (nSPS) is 31.0. The molecule has 0 amide bonds. The van der Waals surface area contributed by atoms with Crippen LogP contribution in [0.25, 0.3) is 0 Å². The van der Waals surface area contributed by atoms with E-state index in [1.165, 1.54) is 12.8 Å². The van der Waals surface area contributed by atoms with Gasteiger partial charge in [0.05, 0.1) is 0 Å². The Kier molecular flexibility index (Phi) is 4.02. The fraction of sp³-hybridized carbons (Fsp3) is 1.00. The maximum atomic E-state index is 9.13. The Bertz CT molecular complexity index is 125. The first-order valence-electron chi connectivity index (χ1n) is 5.05. The summed E-state index contributed by atoms with van der Waals surface area (Å²) in [5.74, 6) is 2.01. The number of piperidine rings is 1. The molecule has 0 aromatic rings. The van der Waals surface area contributed by atoms with Crippen molar-refractivity contribution >= 4 is 0 Å². The topological polar surface area (TPSA) is 32.3 Å². The smallest absolute Gasteiger partial charge is 0.0474 e. The van der Waals surface area contributed by atoms with Gasteiger partial charge in [-0.15, -0.1) is 0 Å². The molecule has 0 saturated carbocycles. The van der Waals surface area contributed by atoms with Gasteiger partial charge >= 0.3 is 0 Å². The van der Waals surface area contributed by atoms with E-state index in [2.05, 4.69) is 19.2 Å². The molecule has 0 aromatic carbocycles. The van der Waals surface area contributed by atoms with Gasteiger partial charge in [0.2, 0.25) is 0 Å². The monoisotopic (exact) mass is 171 g/mol. The molecular formula is C10H21NO. The summed E-state index contributed by atoms with van der Waals surface area (Å²) in [6.07, 6.45) is 2.51. The molecule has 2 N–H and O–H groups in total. The molecule has 72 valence electrons. The Morgan fingerprint density at radius 1 is 1.42 bits per heavy atom. The minimum absolute atomic E-state index is 0.352. The number of nitrogens with one attached hydrogen (secondary N) is 1. The molecule has 1 saturated heterocycles. The van der Waals surface area contributed by atoms with Crippen LogP contribution < -0.4 is 5.32 Å². The number of aliphatic hydroxyl groups is 1. The van der Waals surface area contributed by atoms with E-state index in [0.29, 0.717) is 12.5 Å². The van der Waals surface area contributed by atoms with Crippen LogP contribution in [0.4, 0.5) is 0 Å². The summed E-state index contributed by atoms with van der Waals surface area (Å²) in [5, 5.41) is 12.5. The van der Waals surface area contributed by atoms with Gasteiger partial charge in [-0.25, -0.2) is 0 Å². The van der Waals surface area contributed by atoms with E-state index in [-0.39, 0.29) is 0 Å². The van der Waals surface area contributed by atoms with E-state index in [1.807, 2.05) is 0 Å². The molecule has 2 heteroatoms. The SMILES string of the molecule is CC(C)CC1CCNCC1CO. The number of hydrogen-bond donors (Lipinski definition) is 2. The zero-order valence-electron chi connectivity index (χ0n) is 8.21. The highest BCUT2D eigenvalue weighted by molar-refractivity contribution is 4.78. The Hall–Kier alpha value is -0.0800. The highest BCUT2D eigenvalue weighted by Gasteiger charge is 2.24. The quantitative estimate of drug-likeness (QED) is 0.670. The molecule has 0 aliphatic carbocycles. The molecular weight excluding hydrogens is 150 g/mol. The summed E-state index contributed by atoms with van der Waals surface area (Å²) in [6, 6.07) is 0. The Morgan fingerprint density at radius 3 is 2.75 bits per heavy atom. The second kappa shape index (κ2) is 4.83. The lowest BCUT2D eigenvalue weighted by Gasteiger charge is -2.31. The van der Waals surface area contributed by atoms with Gasteiger partial charge in [0.1, 0.15) is 0 Å². The highest BCUT2D eigenvalue weighted by Crippen LogP contribution is 2.25. The molecule has 1 aliphatic heterocycles. The predicted octanol–water partition coefficient (Wildman–Crippen LogP) is 1.25. The highest BCUT2D eigenvalue weighted by atomic mass is 16.3. The van der Waals surface area contributed by atoms with Gasteiger partial charge in [-0.05, 0) is 37.1 Å². The molecule has 0 radical (unpaired) electrons. The minimum Gasteiger partial charge on any atom is -0.396 e. The number of hydrogen-bond acceptors (Lipinski definition) is 2. The minimum atomic E-state index is 0.352. The van der Waals surface area contributed by atoms with E-state index in [0.717, 1.165) is 24.9 Å². The van der Waals surface area contributed by atoms with Crippen molar-refractivity contribution < 1.29 is 5.11 Å². The largest absolute Gasteiger partial charge is 0.396 e. The number of rotatable bonds is 3. The molecule has 1 heterocycles. The van der Waals surface area contributed by atoms with Crippen molar-refractivity contribution in [1.82, 2.24) is 5.32 Å². The third kappa shape index (κ3) is 2.76. The van der Waals surface area contributed by atoms with E-state index in [4.69, 9.17) is 5.11 Å². The summed E-state index contributed by atoms with van der Waals surface area (Å²) < 4.78 is 0. The van der Waals surface area contributed by atoms with Gasteiger partial charge in [0.25, 0.3) is 0 Å². The van der Waals surface area contributed by atoms with Gasteiger partial charge in [-0.3, -0.25) is 0 Å². The Morgan fingerprint density at radius 2 is 2.17 bits per heavy atom. The third-order valence-electron chi connectivity index (χ3n) is 2.77. The molecule has 2 nitrogen and oxygen atoms in total. The van der Waals surface area contributed by atoms with E-state index >= 15 is 0 Å². The van der Waals surface area contributed by atoms with Crippen LogP contribution in [-0.2, 0) is 0 Å². The van der Waals surface area contributed by atoms with Crippen LogP contribution >= 0.6 is 0 Å². The van der Waals surface area contributed by atoms with Crippen LogP contribution in [0.1, 0.15) is 26.7 Å². The van der Waals surface area contributed by atoms with Crippen LogP contribution in [0, 0.1) is 17.8 Å². The molecule has 0 bridgehead atoms. The standard InChI is InChI=1S/C10H21NO/c1-8(2)5-9-3-4-11-6-10(9)7-12/h8-12H,3-7H2,1-2H3. The zero-order chi connectivity index (χ0) is 8.97. The predicted molar refractivity (Wildman–Crippen MR) is 51.0 cm³/mol. The molecule has 12 heavy (non-hydrogen) atoms. The van der Waals surface area contributed by atoms with Crippen molar-refractivity contribution in [3.05, 3.63) is 0 Å². The molecule has 1 rings (SSSR count). The third-order valence-corrected chi connectivity index (χ3v) is 2.77. The maximum Gasteiger partial charge on any atom is 0.0474 e. The fourth-order valence-electron chi connectivity index (χ4n) is 2.11. The first kappa shape index (κ1) is 10.0. The Labute approximate surface area is 75.4 Å². The van der Waals surface area contributed by atoms with Gasteiger partial charge in [-0.1, -0.05) is 13.8 Å². The molecule has 1 fully saturated rings. The summed E-state index contributed by atoms with van der Waals surface area (Å²) >= 11 is 0. The van der Waals surface area contributed by atoms with Crippen LogP contribution in [0.5, 0.6) is 0 Å². The van der Waals surface area contributed by atoms with Gasteiger partial charge < -0.3 is 10.4 Å². The van der Waals surface area contributed by atoms with Gasteiger partial charge in [0, 0.05) is 13.2 Å². The van der Waals surface area contributed by atoms with Crippen molar-refractivity contribution in [2.24, 2.45) is 17.8 Å². The summed E-state index contributed by atoms with van der Waals surface area (Å²) in [7, 11) is 0. The van der Waals surface area contributed by atoms with Gasteiger partial charge in [-0.2, -0.15) is 0 Å². The first-order chi connectivity index (χ1) is 5.74. The van der Waals surface area contributed by atoms with Crippen LogP contribution in [0.3, 0.4) is 0 Å². The molecule has 2 unspecified atom stereocenters. The van der Waals surface area contributed by atoms with Crippen molar-refractivity contribution in [1.29, 1.82) is 0 Å². The van der Waals surface area contributed by atoms with Crippen molar-refractivity contribution in [3.63, 3.8) is 0 Å². The van der Waals surface area contributed by atoms with Crippen molar-refractivity contribution in [3.8, 4) is 0 Å². The fourth-order valence-corrected chi connectivity index (χ4v) is 2.11. The molecule has 2 atom stereocenters. The lowest BCUT2D eigenvalue weighted by Crippen LogP contribution is -2.38. The average molecular weight is 171 g/mol. The second-order valence-electron chi connectivity index (χ2n) is 4.33. The molecule has 0 aromatic heterocycles. The lowest BCUT2D eigenvalue weighted by atomic mass is 9.81. The second-order valence-corrected chi connectivity index (χ2v) is 4.33. The summed E-state index contributed by atoms with van der Waals surface area (Å²) in [6.45, 7) is 7.01. The Balaban J connectivity index is 2.36. The van der Waals surface area contributed by atoms with Crippen molar-refractivity contribution in [2.75, 3.05) is 19.7 Å². The lowest BCUT2D eigenvalue weighted by molar-refractivity contribution is 0.131. The van der Waals surface area contributed by atoms with E-state index in [1.54, 1.807) is 0 Å². The average Bonchev–Trinajstić information content (AvgIpc) is 2.04. The maximum absolute atomic E-state index is 9.13. The molecule has 1 aliphatic rings. The summed E-state index contributed by atoms with van der Waals surface area (Å²) in [5.41, 5.74) is 0. The van der Waals surface area contributed by atoms with Crippen LogP contribution in [-0.4, -0.2) is 24.8 Å². The summed E-state index contributed by atoms with van der Waals surface area (Å²) in [4.78, 5) is 0. The van der Waals surface area contributed by atoms with Gasteiger partial charge in [0.15, 0.2) is 0 Å². The first-order valence-corrected chi connectivity index (χ1v) is 5.05. The van der Waals surface area contributed by atoms with Crippen LogP contribution in [0.2, 0.25) is 0 Å². The van der Waals surface area contributed by atoms with Crippen molar-refractivity contribution in [2.45, 2.75) is 26.7 Å². The van der Waals surface area contributed by atoms with E-state index in [9.17, 15) is 0 Å². The van der Waals surface area contributed by atoms with Crippen LogP contribution in [0.15, 0.2) is 0 Å². The zero-order valence-corrected chi connectivity index (χ0v) is 8.21. The molecule has 0 spiro atoms.